The number of urea groups is 1. The highest BCUT2D eigenvalue weighted by molar-refractivity contribution is 6.30. The highest BCUT2D eigenvalue weighted by Crippen LogP contribution is 2.41. The fourth-order valence-electron chi connectivity index (χ4n) is 1.95. The Labute approximate surface area is 112 Å². The molecule has 1 aliphatic rings. The summed E-state index contributed by atoms with van der Waals surface area (Å²) < 4.78 is 4.86. The molecule has 2 rings (SSSR count). The zero-order chi connectivity index (χ0) is 13.0. The van der Waals surface area contributed by atoms with Crippen molar-refractivity contribution in [2.45, 2.75) is 18.4 Å². The number of halogens is 1. The van der Waals surface area contributed by atoms with Crippen LogP contribution in [0.1, 0.15) is 17.9 Å². The third-order valence-electron chi connectivity index (χ3n) is 2.98. The second-order valence-corrected chi connectivity index (χ2v) is 4.83. The Morgan fingerprint density at radius 3 is 3.11 bits per heavy atom. The van der Waals surface area contributed by atoms with E-state index < -0.39 is 0 Å². The zero-order valence-electron chi connectivity index (χ0n) is 10.3. The van der Waals surface area contributed by atoms with Gasteiger partial charge in [0.15, 0.2) is 0 Å². The molecule has 4 nitrogen and oxygen atoms in total. The van der Waals surface area contributed by atoms with Crippen molar-refractivity contribution in [3.05, 3.63) is 34.9 Å². The Hall–Kier alpha value is -1.26. The molecule has 98 valence electrons. The molecule has 0 radical (unpaired) electrons. The summed E-state index contributed by atoms with van der Waals surface area (Å²) in [5.74, 6) is 0.386. The van der Waals surface area contributed by atoms with E-state index >= 15 is 0 Å². The molecule has 5 heteroatoms. The second-order valence-electron chi connectivity index (χ2n) is 4.40. The number of carbonyl (C=O) groups is 1. The number of rotatable bonds is 5. The molecule has 1 saturated carbocycles. The average molecular weight is 269 g/mol. The molecule has 0 aliphatic heterocycles. The molecule has 2 N–H and O–H groups in total. The van der Waals surface area contributed by atoms with Gasteiger partial charge in [0, 0.05) is 30.6 Å². The lowest BCUT2D eigenvalue weighted by molar-refractivity contribution is 0.195. The molecule has 0 saturated heterocycles. The van der Waals surface area contributed by atoms with Crippen LogP contribution in [0.3, 0.4) is 0 Å². The molecule has 2 atom stereocenters. The van der Waals surface area contributed by atoms with E-state index in [2.05, 4.69) is 10.6 Å². The molecule has 0 heterocycles. The molecular formula is C13H17ClN2O2. The van der Waals surface area contributed by atoms with Gasteiger partial charge in [0.25, 0.3) is 0 Å². The minimum Gasteiger partial charge on any atom is -0.383 e. The maximum atomic E-state index is 11.5. The number of amides is 2. The Kier molecular flexibility index (Phi) is 4.44. The van der Waals surface area contributed by atoms with E-state index in [0.29, 0.717) is 19.1 Å². The summed E-state index contributed by atoms with van der Waals surface area (Å²) in [5.41, 5.74) is 1.18. The van der Waals surface area contributed by atoms with Gasteiger partial charge in [0.2, 0.25) is 0 Å². The van der Waals surface area contributed by atoms with Crippen molar-refractivity contribution in [1.82, 2.24) is 10.6 Å². The van der Waals surface area contributed by atoms with Crippen molar-refractivity contribution in [1.29, 1.82) is 0 Å². The van der Waals surface area contributed by atoms with E-state index in [0.717, 1.165) is 11.4 Å². The highest BCUT2D eigenvalue weighted by Gasteiger charge is 2.39. The lowest BCUT2D eigenvalue weighted by Gasteiger charge is -2.07. The number of carbonyl (C=O) groups excluding carboxylic acids is 1. The Balaban J connectivity index is 1.76. The normalized spacial score (nSPS) is 21.4. The van der Waals surface area contributed by atoms with Crippen molar-refractivity contribution in [3.8, 4) is 0 Å². The van der Waals surface area contributed by atoms with Gasteiger partial charge in [-0.1, -0.05) is 23.7 Å². The molecule has 1 aliphatic carbocycles. The van der Waals surface area contributed by atoms with Crippen LogP contribution in [0.4, 0.5) is 4.79 Å². The molecule has 1 aromatic carbocycles. The summed E-state index contributed by atoms with van der Waals surface area (Å²) in [7, 11) is 1.61. The van der Waals surface area contributed by atoms with Crippen LogP contribution in [0.2, 0.25) is 5.02 Å². The van der Waals surface area contributed by atoms with E-state index in [1.807, 2.05) is 24.3 Å². The van der Waals surface area contributed by atoms with Gasteiger partial charge in [0.05, 0.1) is 6.61 Å². The van der Waals surface area contributed by atoms with E-state index in [4.69, 9.17) is 16.3 Å². The maximum Gasteiger partial charge on any atom is 0.315 e. The highest BCUT2D eigenvalue weighted by atomic mass is 35.5. The monoisotopic (exact) mass is 268 g/mol. The van der Waals surface area contributed by atoms with E-state index in [1.54, 1.807) is 7.11 Å². The van der Waals surface area contributed by atoms with Crippen LogP contribution in [0.15, 0.2) is 24.3 Å². The van der Waals surface area contributed by atoms with E-state index in [1.165, 1.54) is 5.56 Å². The lowest BCUT2D eigenvalue weighted by atomic mass is 10.1. The van der Waals surface area contributed by atoms with Gasteiger partial charge in [-0.25, -0.2) is 4.79 Å². The smallest absolute Gasteiger partial charge is 0.315 e. The first-order valence-electron chi connectivity index (χ1n) is 5.99. The summed E-state index contributed by atoms with van der Waals surface area (Å²) >= 11 is 5.94. The van der Waals surface area contributed by atoms with Crippen LogP contribution in [0, 0.1) is 0 Å². The van der Waals surface area contributed by atoms with Crippen LogP contribution < -0.4 is 10.6 Å². The van der Waals surface area contributed by atoms with Crippen molar-refractivity contribution in [2.24, 2.45) is 0 Å². The van der Waals surface area contributed by atoms with E-state index in [9.17, 15) is 4.79 Å². The third kappa shape index (κ3) is 3.62. The second kappa shape index (κ2) is 6.07. The summed E-state index contributed by atoms with van der Waals surface area (Å²) in [6.45, 7) is 1.05. The van der Waals surface area contributed by atoms with Gasteiger partial charge in [-0.3, -0.25) is 0 Å². The van der Waals surface area contributed by atoms with Crippen LogP contribution in [0.5, 0.6) is 0 Å². The van der Waals surface area contributed by atoms with Gasteiger partial charge in [-0.15, -0.1) is 0 Å². The number of benzene rings is 1. The number of nitrogens with one attached hydrogen (secondary N) is 2. The molecule has 0 bridgehead atoms. The van der Waals surface area contributed by atoms with Crippen molar-refractivity contribution in [3.63, 3.8) is 0 Å². The molecule has 1 fully saturated rings. The average Bonchev–Trinajstić information content (AvgIpc) is 3.08. The first-order valence-corrected chi connectivity index (χ1v) is 6.37. The number of hydrogen-bond donors (Lipinski definition) is 2. The lowest BCUT2D eigenvalue weighted by Crippen LogP contribution is -2.38. The van der Waals surface area contributed by atoms with Gasteiger partial charge in [-0.2, -0.15) is 0 Å². The zero-order valence-corrected chi connectivity index (χ0v) is 11.0. The fraction of sp³-hybridized carbons (Fsp3) is 0.462. The number of methoxy groups -OCH3 is 1. The van der Waals surface area contributed by atoms with Crippen LogP contribution in [-0.2, 0) is 4.74 Å². The molecule has 0 unspecified atom stereocenters. The van der Waals surface area contributed by atoms with Crippen LogP contribution in [0.25, 0.3) is 0 Å². The Morgan fingerprint density at radius 1 is 1.56 bits per heavy atom. The largest absolute Gasteiger partial charge is 0.383 e. The fourth-order valence-corrected chi connectivity index (χ4v) is 2.14. The molecule has 0 aromatic heterocycles. The summed E-state index contributed by atoms with van der Waals surface area (Å²) in [6.07, 6.45) is 0.970. The topological polar surface area (TPSA) is 50.4 Å². The predicted molar refractivity (Wildman–Crippen MR) is 71.0 cm³/mol. The molecule has 18 heavy (non-hydrogen) atoms. The molecule has 2 amide bonds. The maximum absolute atomic E-state index is 11.5. The number of hydrogen-bond acceptors (Lipinski definition) is 2. The van der Waals surface area contributed by atoms with Gasteiger partial charge < -0.3 is 15.4 Å². The molecule has 0 spiro atoms. The Morgan fingerprint density at radius 2 is 2.39 bits per heavy atom. The van der Waals surface area contributed by atoms with Gasteiger partial charge in [-0.05, 0) is 24.1 Å². The summed E-state index contributed by atoms with van der Waals surface area (Å²) in [6, 6.07) is 7.86. The first kappa shape index (κ1) is 13.2. The molecule has 1 aromatic rings. The van der Waals surface area contributed by atoms with Crippen molar-refractivity contribution < 1.29 is 9.53 Å². The predicted octanol–water partition coefficient (Wildman–Crippen LogP) is 2.14. The van der Waals surface area contributed by atoms with E-state index in [-0.39, 0.29) is 12.1 Å². The summed E-state index contributed by atoms with van der Waals surface area (Å²) in [4.78, 5) is 11.5. The van der Waals surface area contributed by atoms with Gasteiger partial charge >= 0.3 is 6.03 Å². The number of ether oxygens (including phenoxy) is 1. The van der Waals surface area contributed by atoms with Crippen molar-refractivity contribution in [2.75, 3.05) is 20.3 Å². The van der Waals surface area contributed by atoms with Crippen LogP contribution >= 0.6 is 11.6 Å². The summed E-state index contributed by atoms with van der Waals surface area (Å²) in [5, 5.41) is 6.41. The Bertz CT molecular complexity index is 425. The van der Waals surface area contributed by atoms with Gasteiger partial charge in [0.1, 0.15) is 0 Å². The van der Waals surface area contributed by atoms with Crippen molar-refractivity contribution >= 4 is 17.6 Å². The first-order chi connectivity index (χ1) is 8.70. The van der Waals surface area contributed by atoms with Crippen LogP contribution in [-0.4, -0.2) is 32.3 Å². The third-order valence-corrected chi connectivity index (χ3v) is 3.21. The quantitative estimate of drug-likeness (QED) is 0.804. The minimum absolute atomic E-state index is 0.137. The standard InChI is InChI=1S/C13H17ClN2O2/c1-18-6-5-15-13(17)16-12-8-11(12)9-3-2-4-10(14)7-9/h2-4,7,11-12H,5-6,8H2,1H3,(H2,15,16,17)/t11-,12+/m1/s1. The molecular weight excluding hydrogens is 252 g/mol. The minimum atomic E-state index is -0.137. The SMILES string of the molecule is COCCNC(=O)N[C@H]1C[C@@H]1c1cccc(Cl)c1.